The van der Waals surface area contributed by atoms with Gasteiger partial charge in [-0.2, -0.15) is 4.98 Å². The van der Waals surface area contributed by atoms with E-state index in [1.807, 2.05) is 68.4 Å². The number of carbonyl (C=O) groups is 1. The first kappa shape index (κ1) is 15.0. The smallest absolute Gasteiger partial charge is 0.316 e. The molecule has 0 saturated heterocycles. The van der Waals surface area contributed by atoms with Crippen LogP contribution in [0.3, 0.4) is 0 Å². The van der Waals surface area contributed by atoms with Gasteiger partial charge in [-0.25, -0.2) is 0 Å². The predicted molar refractivity (Wildman–Crippen MR) is 86.8 cm³/mol. The Hall–Kier alpha value is -2.95. The summed E-state index contributed by atoms with van der Waals surface area (Å²) in [5.74, 6) is -0.0109. The number of hydrogen-bond acceptors (Lipinski definition) is 4. The third-order valence-electron chi connectivity index (χ3n) is 3.54. The lowest BCUT2D eigenvalue weighted by molar-refractivity contribution is 0.0895. The second-order valence-corrected chi connectivity index (χ2v) is 5.40. The van der Waals surface area contributed by atoms with Gasteiger partial charge in [0.25, 0.3) is 0 Å². The highest BCUT2D eigenvalue weighted by molar-refractivity contribution is 5.90. The van der Waals surface area contributed by atoms with Crippen molar-refractivity contribution in [2.75, 3.05) is 0 Å². The fraction of sp³-hybridized carbons (Fsp3) is 0.167. The van der Waals surface area contributed by atoms with Crippen LogP contribution in [0.5, 0.6) is 0 Å². The number of amides is 1. The van der Waals surface area contributed by atoms with Crippen molar-refractivity contribution >= 4 is 5.91 Å². The van der Waals surface area contributed by atoms with E-state index < -0.39 is 0 Å². The maximum absolute atomic E-state index is 12.2. The van der Waals surface area contributed by atoms with Crippen molar-refractivity contribution < 1.29 is 9.32 Å². The van der Waals surface area contributed by atoms with Crippen molar-refractivity contribution in [3.8, 4) is 11.4 Å². The molecule has 0 aliphatic heterocycles. The van der Waals surface area contributed by atoms with E-state index in [4.69, 9.17) is 4.52 Å². The molecular weight excluding hydrogens is 290 g/mol. The molecule has 0 unspecified atom stereocenters. The van der Waals surface area contributed by atoms with E-state index in [1.165, 1.54) is 0 Å². The van der Waals surface area contributed by atoms with Crippen LogP contribution in [-0.4, -0.2) is 16.0 Å². The molecule has 1 atom stereocenters. The second-order valence-electron chi connectivity index (χ2n) is 5.40. The molecule has 3 rings (SSSR count). The van der Waals surface area contributed by atoms with Crippen molar-refractivity contribution in [2.45, 2.75) is 19.9 Å². The monoisotopic (exact) mass is 307 g/mol. The number of aromatic nitrogens is 2. The van der Waals surface area contributed by atoms with Crippen LogP contribution >= 0.6 is 0 Å². The molecule has 23 heavy (non-hydrogen) atoms. The largest absolute Gasteiger partial charge is 0.341 e. The Labute approximate surface area is 134 Å². The van der Waals surface area contributed by atoms with Gasteiger partial charge < -0.3 is 9.84 Å². The van der Waals surface area contributed by atoms with Gasteiger partial charge in [0.15, 0.2) is 0 Å². The molecule has 5 heteroatoms. The van der Waals surface area contributed by atoms with Crippen LogP contribution in [0.2, 0.25) is 0 Å². The molecule has 1 aromatic heterocycles. The Kier molecular flexibility index (Phi) is 4.19. The molecular formula is C18H17N3O2. The summed E-state index contributed by atoms with van der Waals surface area (Å²) in [5.41, 5.74) is 2.93. The van der Waals surface area contributed by atoms with Gasteiger partial charge in [-0.05, 0) is 25.5 Å². The van der Waals surface area contributed by atoms with Crippen LogP contribution in [0.25, 0.3) is 11.4 Å². The molecule has 0 bridgehead atoms. The molecule has 0 spiro atoms. The third kappa shape index (κ3) is 3.45. The minimum atomic E-state index is -0.382. The first-order valence-electron chi connectivity index (χ1n) is 7.40. The van der Waals surface area contributed by atoms with Gasteiger partial charge in [0.1, 0.15) is 0 Å². The van der Waals surface area contributed by atoms with E-state index in [0.717, 1.165) is 16.7 Å². The van der Waals surface area contributed by atoms with Crippen molar-refractivity contribution in [3.05, 3.63) is 71.6 Å². The van der Waals surface area contributed by atoms with Crippen LogP contribution in [-0.2, 0) is 0 Å². The average molecular weight is 307 g/mol. The molecule has 0 saturated carbocycles. The van der Waals surface area contributed by atoms with E-state index in [-0.39, 0.29) is 17.8 Å². The van der Waals surface area contributed by atoms with Gasteiger partial charge >= 0.3 is 11.8 Å². The average Bonchev–Trinajstić information content (AvgIpc) is 3.06. The van der Waals surface area contributed by atoms with Gasteiger partial charge in [-0.15, -0.1) is 0 Å². The zero-order chi connectivity index (χ0) is 16.2. The molecule has 1 heterocycles. The molecule has 116 valence electrons. The highest BCUT2D eigenvalue weighted by Crippen LogP contribution is 2.17. The number of hydrogen-bond donors (Lipinski definition) is 1. The summed E-state index contributed by atoms with van der Waals surface area (Å²) < 4.78 is 5.08. The molecule has 2 aromatic carbocycles. The Bertz CT molecular complexity index is 812. The van der Waals surface area contributed by atoms with Crippen LogP contribution in [0.15, 0.2) is 59.1 Å². The van der Waals surface area contributed by atoms with Gasteiger partial charge in [-0.1, -0.05) is 59.3 Å². The summed E-state index contributed by atoms with van der Waals surface area (Å²) in [6.45, 7) is 3.89. The quantitative estimate of drug-likeness (QED) is 0.800. The first-order valence-corrected chi connectivity index (χ1v) is 7.40. The summed E-state index contributed by atoms with van der Waals surface area (Å²) in [4.78, 5) is 16.4. The van der Waals surface area contributed by atoms with Crippen LogP contribution in [0, 0.1) is 6.92 Å². The van der Waals surface area contributed by atoms with Gasteiger partial charge in [0.05, 0.1) is 6.04 Å². The molecule has 0 aliphatic rings. The van der Waals surface area contributed by atoms with Crippen molar-refractivity contribution in [1.29, 1.82) is 0 Å². The normalized spacial score (nSPS) is 11.9. The number of nitrogens with zero attached hydrogens (tertiary/aromatic N) is 2. The highest BCUT2D eigenvalue weighted by atomic mass is 16.5. The fourth-order valence-electron chi connectivity index (χ4n) is 2.30. The number of benzene rings is 2. The predicted octanol–water partition coefficient (Wildman–Crippen LogP) is 3.54. The lowest BCUT2D eigenvalue weighted by Gasteiger charge is -2.12. The maximum Gasteiger partial charge on any atom is 0.316 e. The lowest BCUT2D eigenvalue weighted by atomic mass is 10.1. The SMILES string of the molecule is Cc1cccc(-c2noc(C(=O)N[C@@H](C)c3ccccc3)n2)c1. The van der Waals surface area contributed by atoms with E-state index >= 15 is 0 Å². The highest BCUT2D eigenvalue weighted by Gasteiger charge is 2.18. The van der Waals surface area contributed by atoms with Gasteiger partial charge in [0.2, 0.25) is 5.82 Å². The lowest BCUT2D eigenvalue weighted by Crippen LogP contribution is -2.26. The molecule has 0 fully saturated rings. The van der Waals surface area contributed by atoms with Crippen molar-refractivity contribution in [2.24, 2.45) is 0 Å². The van der Waals surface area contributed by atoms with Gasteiger partial charge in [0, 0.05) is 5.56 Å². The minimum absolute atomic E-state index is 0.0377. The topological polar surface area (TPSA) is 68.0 Å². The minimum Gasteiger partial charge on any atom is -0.341 e. The third-order valence-corrected chi connectivity index (χ3v) is 3.54. The molecule has 5 nitrogen and oxygen atoms in total. The Morgan fingerprint density at radius 3 is 2.65 bits per heavy atom. The molecule has 0 radical (unpaired) electrons. The summed E-state index contributed by atoms with van der Waals surface area (Å²) >= 11 is 0. The summed E-state index contributed by atoms with van der Waals surface area (Å²) in [6.07, 6.45) is 0. The number of rotatable bonds is 4. The zero-order valence-electron chi connectivity index (χ0n) is 13.0. The van der Waals surface area contributed by atoms with E-state index in [1.54, 1.807) is 0 Å². The van der Waals surface area contributed by atoms with Crippen molar-refractivity contribution in [3.63, 3.8) is 0 Å². The number of nitrogens with one attached hydrogen (secondary N) is 1. The van der Waals surface area contributed by atoms with Crippen molar-refractivity contribution in [1.82, 2.24) is 15.5 Å². The molecule has 1 N–H and O–H groups in total. The second kappa shape index (κ2) is 6.44. The van der Waals surface area contributed by atoms with Crippen LogP contribution in [0.4, 0.5) is 0 Å². The molecule has 1 amide bonds. The van der Waals surface area contributed by atoms with E-state index in [2.05, 4.69) is 15.5 Å². The summed E-state index contributed by atoms with van der Waals surface area (Å²) in [7, 11) is 0. The first-order chi connectivity index (χ1) is 11.1. The Balaban J connectivity index is 1.74. The zero-order valence-corrected chi connectivity index (χ0v) is 13.0. The van der Waals surface area contributed by atoms with E-state index in [0.29, 0.717) is 5.82 Å². The standard InChI is InChI=1S/C18H17N3O2/c1-12-7-6-10-15(11-12)16-20-18(23-21-16)17(22)19-13(2)14-8-4-3-5-9-14/h3-11,13H,1-2H3,(H,19,22)/t13-/m0/s1. The molecule has 3 aromatic rings. The van der Waals surface area contributed by atoms with Crippen LogP contribution < -0.4 is 5.32 Å². The fourth-order valence-corrected chi connectivity index (χ4v) is 2.30. The van der Waals surface area contributed by atoms with E-state index in [9.17, 15) is 4.79 Å². The Morgan fingerprint density at radius 2 is 1.91 bits per heavy atom. The number of carbonyl (C=O) groups excluding carboxylic acids is 1. The molecule has 0 aliphatic carbocycles. The maximum atomic E-state index is 12.2. The van der Waals surface area contributed by atoms with Gasteiger partial charge in [-0.3, -0.25) is 4.79 Å². The Morgan fingerprint density at radius 1 is 1.13 bits per heavy atom. The van der Waals surface area contributed by atoms with Crippen LogP contribution in [0.1, 0.15) is 34.8 Å². The number of aryl methyl sites for hydroxylation is 1. The summed E-state index contributed by atoms with van der Waals surface area (Å²) in [6, 6.07) is 17.3. The summed E-state index contributed by atoms with van der Waals surface area (Å²) in [5, 5.41) is 6.74.